The van der Waals surface area contributed by atoms with Crippen LogP contribution in [0.1, 0.15) is 25.7 Å². The van der Waals surface area contributed by atoms with Crippen molar-refractivity contribution < 1.29 is 9.13 Å². The Bertz CT molecular complexity index is 565. The fourth-order valence-electron chi connectivity index (χ4n) is 1.98. The van der Waals surface area contributed by atoms with Crippen molar-refractivity contribution in [2.45, 2.75) is 18.7 Å². The predicted octanol–water partition coefficient (Wildman–Crippen LogP) is 5.00. The number of benzene rings is 1. The van der Waals surface area contributed by atoms with E-state index >= 15 is 0 Å². The Morgan fingerprint density at radius 3 is 2.61 bits per heavy atom. The van der Waals surface area contributed by atoms with E-state index in [2.05, 4.69) is 28.9 Å². The number of methoxy groups -OCH3 is 1. The van der Waals surface area contributed by atoms with Crippen LogP contribution in [0.15, 0.2) is 24.3 Å². The Hall–Kier alpha value is -0.870. The van der Waals surface area contributed by atoms with Gasteiger partial charge in [0.15, 0.2) is 0 Å². The summed E-state index contributed by atoms with van der Waals surface area (Å²) in [4.78, 5) is 2.17. The van der Waals surface area contributed by atoms with Gasteiger partial charge < -0.3 is 4.74 Å². The molecule has 1 unspecified atom stereocenters. The van der Waals surface area contributed by atoms with Gasteiger partial charge in [0.05, 0.1) is 11.9 Å². The van der Waals surface area contributed by atoms with Crippen molar-refractivity contribution in [2.75, 3.05) is 7.11 Å². The van der Waals surface area contributed by atoms with Gasteiger partial charge in [0.1, 0.15) is 11.6 Å². The molecule has 0 aliphatic carbocycles. The average Bonchev–Trinajstić information content (AvgIpc) is 2.67. The number of aryl methyl sites for hydroxylation is 2. The maximum absolute atomic E-state index is 14.0. The molecule has 2 rings (SSSR count). The first-order valence-electron chi connectivity index (χ1n) is 5.58. The van der Waals surface area contributed by atoms with Crippen LogP contribution in [-0.4, -0.2) is 7.11 Å². The zero-order valence-corrected chi connectivity index (χ0v) is 12.9. The summed E-state index contributed by atoms with van der Waals surface area (Å²) in [7, 11) is 1.56. The van der Waals surface area contributed by atoms with Crippen LogP contribution in [0.5, 0.6) is 5.75 Å². The lowest BCUT2D eigenvalue weighted by Crippen LogP contribution is -2.00. The summed E-state index contributed by atoms with van der Waals surface area (Å²) in [6, 6.07) is 7.01. The van der Waals surface area contributed by atoms with E-state index in [1.165, 1.54) is 16.5 Å². The molecule has 1 heterocycles. The molecule has 0 amide bonds. The minimum Gasteiger partial charge on any atom is -0.496 e. The number of hydrogen-bond acceptors (Lipinski definition) is 2. The van der Waals surface area contributed by atoms with Crippen LogP contribution in [-0.2, 0) is 0 Å². The molecule has 0 fully saturated rings. The molecule has 0 bridgehead atoms. The molecule has 0 saturated heterocycles. The fourth-order valence-corrected chi connectivity index (χ4v) is 4.09. The second-order valence-corrected chi connectivity index (χ2v) is 6.33. The van der Waals surface area contributed by atoms with E-state index in [0.717, 1.165) is 4.88 Å². The van der Waals surface area contributed by atoms with Crippen molar-refractivity contribution in [1.82, 2.24) is 0 Å². The molecule has 0 radical (unpaired) electrons. The van der Waals surface area contributed by atoms with Crippen LogP contribution in [0.25, 0.3) is 0 Å². The van der Waals surface area contributed by atoms with E-state index < -0.39 is 0 Å². The lowest BCUT2D eigenvalue weighted by atomic mass is 10.1. The average molecular weight is 329 g/mol. The van der Waals surface area contributed by atoms with Gasteiger partial charge in [-0.25, -0.2) is 4.39 Å². The third kappa shape index (κ3) is 2.45. The summed E-state index contributed by atoms with van der Waals surface area (Å²) in [5.41, 5.74) is 1.73. The normalized spacial score (nSPS) is 12.5. The molecule has 0 spiro atoms. The lowest BCUT2D eigenvalue weighted by molar-refractivity contribution is 0.405. The topological polar surface area (TPSA) is 9.23 Å². The Kier molecular flexibility index (Phi) is 4.07. The molecule has 1 aromatic carbocycles. The summed E-state index contributed by atoms with van der Waals surface area (Å²) in [6.45, 7) is 4.10. The Balaban J connectivity index is 2.52. The molecule has 18 heavy (non-hydrogen) atoms. The highest BCUT2D eigenvalue weighted by Crippen LogP contribution is 2.42. The van der Waals surface area contributed by atoms with Crippen molar-refractivity contribution in [3.05, 3.63) is 51.0 Å². The highest BCUT2D eigenvalue weighted by atomic mass is 79.9. The third-order valence-corrected chi connectivity index (χ3v) is 5.23. The first-order valence-corrected chi connectivity index (χ1v) is 7.31. The van der Waals surface area contributed by atoms with E-state index in [4.69, 9.17) is 4.74 Å². The molecule has 96 valence electrons. The molecule has 1 atom stereocenters. The van der Waals surface area contributed by atoms with Gasteiger partial charge in [-0.15, -0.1) is 11.3 Å². The van der Waals surface area contributed by atoms with Crippen LogP contribution >= 0.6 is 27.3 Å². The van der Waals surface area contributed by atoms with Gasteiger partial charge in [0.25, 0.3) is 0 Å². The molecule has 4 heteroatoms. The molecule has 0 saturated carbocycles. The second-order valence-electron chi connectivity index (χ2n) is 4.12. The highest BCUT2D eigenvalue weighted by molar-refractivity contribution is 9.09. The van der Waals surface area contributed by atoms with Gasteiger partial charge in [-0.2, -0.15) is 0 Å². The standard InChI is InChI=1S/C14H14BrFOS/c1-8-7-9(2)18-14(8)13(15)12-10(16)5-4-6-11(12)17-3/h4-7,13H,1-3H3. The summed E-state index contributed by atoms with van der Waals surface area (Å²) in [6.07, 6.45) is 0. The molecule has 0 aliphatic heterocycles. The Labute approximate surface area is 119 Å². The maximum Gasteiger partial charge on any atom is 0.131 e. The van der Waals surface area contributed by atoms with E-state index in [1.54, 1.807) is 30.6 Å². The SMILES string of the molecule is COc1cccc(F)c1C(Br)c1sc(C)cc1C. The number of rotatable bonds is 3. The zero-order chi connectivity index (χ0) is 13.3. The zero-order valence-electron chi connectivity index (χ0n) is 10.5. The molecule has 1 nitrogen and oxygen atoms in total. The number of ether oxygens (including phenoxy) is 1. The van der Waals surface area contributed by atoms with Crippen LogP contribution < -0.4 is 4.74 Å². The predicted molar refractivity (Wildman–Crippen MR) is 77.5 cm³/mol. The minimum absolute atomic E-state index is 0.174. The number of alkyl halides is 1. The fraction of sp³-hybridized carbons (Fsp3) is 0.286. The summed E-state index contributed by atoms with van der Waals surface area (Å²) in [5.74, 6) is 0.323. The van der Waals surface area contributed by atoms with Gasteiger partial charge in [0, 0.05) is 15.3 Å². The van der Waals surface area contributed by atoms with Crippen molar-refractivity contribution >= 4 is 27.3 Å². The molecular formula is C14H14BrFOS. The minimum atomic E-state index is -0.248. The summed E-state index contributed by atoms with van der Waals surface area (Å²) < 4.78 is 19.3. The van der Waals surface area contributed by atoms with Crippen LogP contribution in [0.4, 0.5) is 4.39 Å². The largest absolute Gasteiger partial charge is 0.496 e. The van der Waals surface area contributed by atoms with Gasteiger partial charge in [-0.1, -0.05) is 22.0 Å². The quantitative estimate of drug-likeness (QED) is 0.720. The number of halogens is 2. The molecule has 0 N–H and O–H groups in total. The summed E-state index contributed by atoms with van der Waals surface area (Å²) >= 11 is 5.27. The van der Waals surface area contributed by atoms with E-state index in [9.17, 15) is 4.39 Å². The van der Waals surface area contributed by atoms with E-state index in [0.29, 0.717) is 11.3 Å². The van der Waals surface area contributed by atoms with Gasteiger partial charge in [-0.3, -0.25) is 0 Å². The van der Waals surface area contributed by atoms with Gasteiger partial charge >= 0.3 is 0 Å². The number of thiophene rings is 1. The lowest BCUT2D eigenvalue weighted by Gasteiger charge is -2.14. The van der Waals surface area contributed by atoms with Crippen molar-refractivity contribution in [2.24, 2.45) is 0 Å². The molecule has 2 aromatic rings. The first-order chi connectivity index (χ1) is 8.54. The van der Waals surface area contributed by atoms with Crippen molar-refractivity contribution in [3.63, 3.8) is 0 Å². The van der Waals surface area contributed by atoms with Crippen LogP contribution in [0, 0.1) is 19.7 Å². The Morgan fingerprint density at radius 1 is 1.33 bits per heavy atom. The van der Waals surface area contributed by atoms with E-state index in [1.807, 2.05) is 6.92 Å². The van der Waals surface area contributed by atoms with Gasteiger partial charge in [-0.05, 0) is 37.6 Å². The number of hydrogen-bond donors (Lipinski definition) is 0. The van der Waals surface area contributed by atoms with Crippen molar-refractivity contribution in [3.8, 4) is 5.75 Å². The first kappa shape index (κ1) is 13.6. The van der Waals surface area contributed by atoms with E-state index in [-0.39, 0.29) is 10.6 Å². The molecule has 1 aromatic heterocycles. The van der Waals surface area contributed by atoms with Crippen LogP contribution in [0.3, 0.4) is 0 Å². The second kappa shape index (κ2) is 5.41. The third-order valence-electron chi connectivity index (χ3n) is 2.80. The smallest absolute Gasteiger partial charge is 0.131 e. The molecule has 0 aliphatic rings. The Morgan fingerprint density at radius 2 is 2.06 bits per heavy atom. The van der Waals surface area contributed by atoms with Crippen molar-refractivity contribution in [1.29, 1.82) is 0 Å². The monoisotopic (exact) mass is 328 g/mol. The highest BCUT2D eigenvalue weighted by Gasteiger charge is 2.22. The summed E-state index contributed by atoms with van der Waals surface area (Å²) in [5, 5.41) is 0. The maximum atomic E-state index is 14.0. The molecular weight excluding hydrogens is 315 g/mol. The van der Waals surface area contributed by atoms with Gasteiger partial charge in [0.2, 0.25) is 0 Å². The van der Waals surface area contributed by atoms with Crippen LogP contribution in [0.2, 0.25) is 0 Å².